The molecule has 0 bridgehead atoms. The van der Waals surface area contributed by atoms with E-state index in [9.17, 15) is 9.59 Å². The summed E-state index contributed by atoms with van der Waals surface area (Å²) in [6, 6.07) is 7.09. The number of amides is 3. The summed E-state index contributed by atoms with van der Waals surface area (Å²) in [7, 11) is 0. The predicted octanol–water partition coefficient (Wildman–Crippen LogP) is 1.80. The van der Waals surface area contributed by atoms with E-state index in [4.69, 9.17) is 4.74 Å². The van der Waals surface area contributed by atoms with E-state index in [1.54, 1.807) is 4.90 Å². The number of urea groups is 1. The first kappa shape index (κ1) is 13.1. The lowest BCUT2D eigenvalue weighted by molar-refractivity contribution is -0.124. The van der Waals surface area contributed by atoms with Crippen LogP contribution in [0.3, 0.4) is 0 Å². The fourth-order valence-electron chi connectivity index (χ4n) is 2.92. The van der Waals surface area contributed by atoms with Crippen molar-refractivity contribution in [1.29, 1.82) is 0 Å². The molecule has 5 nitrogen and oxygen atoms in total. The number of nitrogens with zero attached hydrogens (tertiary/aromatic N) is 2. The van der Waals surface area contributed by atoms with E-state index < -0.39 is 0 Å². The quantitative estimate of drug-likeness (QED) is 0.826. The number of imide groups is 1. The minimum atomic E-state index is -0.242. The fraction of sp³-hybridized carbons (Fsp3) is 0.467. The summed E-state index contributed by atoms with van der Waals surface area (Å²) in [5.41, 5.74) is 1.73. The average molecular weight is 274 g/mol. The zero-order valence-electron chi connectivity index (χ0n) is 11.7. The molecule has 1 aromatic rings. The van der Waals surface area contributed by atoms with Crippen molar-refractivity contribution in [3.8, 4) is 0 Å². The van der Waals surface area contributed by atoms with Crippen molar-refractivity contribution in [2.75, 3.05) is 24.7 Å². The Bertz CT molecular complexity index is 541. The number of carbonyl (C=O) groups is 2. The molecule has 2 atom stereocenters. The summed E-state index contributed by atoms with van der Waals surface area (Å²) in [4.78, 5) is 28.2. The van der Waals surface area contributed by atoms with Crippen molar-refractivity contribution in [2.24, 2.45) is 5.92 Å². The first-order valence-corrected chi connectivity index (χ1v) is 6.92. The summed E-state index contributed by atoms with van der Waals surface area (Å²) in [5.74, 6) is -0.389. The molecule has 2 unspecified atom stereocenters. The molecule has 0 radical (unpaired) electrons. The summed E-state index contributed by atoms with van der Waals surface area (Å²) < 4.78 is 5.40. The molecule has 20 heavy (non-hydrogen) atoms. The molecule has 0 aliphatic carbocycles. The molecule has 1 aromatic carbocycles. The molecule has 2 fully saturated rings. The van der Waals surface area contributed by atoms with Crippen molar-refractivity contribution in [1.82, 2.24) is 4.90 Å². The van der Waals surface area contributed by atoms with Crippen molar-refractivity contribution in [3.63, 3.8) is 0 Å². The van der Waals surface area contributed by atoms with Crippen LogP contribution in [-0.4, -0.2) is 42.6 Å². The molecular weight excluding hydrogens is 256 g/mol. The molecule has 2 heterocycles. The number of aryl methyl sites for hydroxylation is 1. The number of hydrogen-bond acceptors (Lipinski definition) is 3. The lowest BCUT2D eigenvalue weighted by atomic mass is 9.97. The van der Waals surface area contributed by atoms with E-state index in [0.717, 1.165) is 5.56 Å². The normalized spacial score (nSPS) is 26.1. The van der Waals surface area contributed by atoms with Gasteiger partial charge >= 0.3 is 6.03 Å². The number of anilines is 1. The number of fused-ring (bicyclic) bond motifs is 1. The summed E-state index contributed by atoms with van der Waals surface area (Å²) in [6.45, 7) is 5.34. The van der Waals surface area contributed by atoms with E-state index in [1.165, 1.54) is 4.90 Å². The number of benzene rings is 1. The van der Waals surface area contributed by atoms with Crippen LogP contribution in [0.25, 0.3) is 0 Å². The smallest absolute Gasteiger partial charge is 0.331 e. The van der Waals surface area contributed by atoms with Crippen LogP contribution in [-0.2, 0) is 9.53 Å². The first-order valence-electron chi connectivity index (χ1n) is 6.92. The summed E-state index contributed by atoms with van der Waals surface area (Å²) >= 11 is 0. The molecule has 0 N–H and O–H groups in total. The van der Waals surface area contributed by atoms with Gasteiger partial charge in [0.25, 0.3) is 0 Å². The van der Waals surface area contributed by atoms with Gasteiger partial charge in [0.2, 0.25) is 5.91 Å². The highest BCUT2D eigenvalue weighted by Crippen LogP contribution is 2.31. The Balaban J connectivity index is 1.99. The van der Waals surface area contributed by atoms with Crippen molar-refractivity contribution in [3.05, 3.63) is 29.8 Å². The van der Waals surface area contributed by atoms with Gasteiger partial charge in [-0.3, -0.25) is 4.79 Å². The molecule has 0 saturated carbocycles. The Morgan fingerprint density at radius 2 is 1.90 bits per heavy atom. The highest BCUT2D eigenvalue weighted by atomic mass is 16.5. The molecule has 0 aromatic heterocycles. The average Bonchev–Trinajstić information content (AvgIpc) is 2.91. The third kappa shape index (κ3) is 1.89. The Morgan fingerprint density at radius 1 is 1.20 bits per heavy atom. The second-order valence-electron chi connectivity index (χ2n) is 5.29. The third-order valence-corrected chi connectivity index (χ3v) is 4.06. The lowest BCUT2D eigenvalue weighted by Gasteiger charge is -2.40. The van der Waals surface area contributed by atoms with Crippen molar-refractivity contribution in [2.45, 2.75) is 19.9 Å². The van der Waals surface area contributed by atoms with Gasteiger partial charge in [0.1, 0.15) is 0 Å². The van der Waals surface area contributed by atoms with Crippen LogP contribution in [0.15, 0.2) is 24.3 Å². The largest absolute Gasteiger partial charge is 0.378 e. The molecule has 0 spiro atoms. The van der Waals surface area contributed by atoms with E-state index in [-0.39, 0.29) is 23.9 Å². The van der Waals surface area contributed by atoms with Crippen LogP contribution in [0.2, 0.25) is 0 Å². The first-order chi connectivity index (χ1) is 9.63. The summed E-state index contributed by atoms with van der Waals surface area (Å²) in [5, 5.41) is 0. The van der Waals surface area contributed by atoms with Crippen LogP contribution in [0.4, 0.5) is 10.5 Å². The van der Waals surface area contributed by atoms with Crippen LogP contribution in [0.5, 0.6) is 0 Å². The molecule has 3 rings (SSSR count). The number of rotatable bonds is 2. The molecule has 2 aliphatic rings. The molecular formula is C15H18N2O3. The lowest BCUT2D eigenvalue weighted by Crippen LogP contribution is -2.61. The van der Waals surface area contributed by atoms with Gasteiger partial charge in [0.15, 0.2) is 0 Å². The minimum Gasteiger partial charge on any atom is -0.378 e. The van der Waals surface area contributed by atoms with Gasteiger partial charge in [0.05, 0.1) is 30.9 Å². The van der Waals surface area contributed by atoms with Gasteiger partial charge in [-0.25, -0.2) is 9.69 Å². The maximum absolute atomic E-state index is 12.6. The van der Waals surface area contributed by atoms with Gasteiger partial charge in [-0.2, -0.15) is 0 Å². The summed E-state index contributed by atoms with van der Waals surface area (Å²) in [6.07, 6.45) is 0. The number of hydrogen-bond donors (Lipinski definition) is 0. The van der Waals surface area contributed by atoms with Gasteiger partial charge in [-0.1, -0.05) is 17.7 Å². The van der Waals surface area contributed by atoms with Gasteiger partial charge < -0.3 is 9.64 Å². The minimum absolute atomic E-state index is 0.110. The number of ether oxygens (including phenoxy) is 1. The Hall–Kier alpha value is -1.88. The molecule has 2 aliphatic heterocycles. The van der Waals surface area contributed by atoms with Crippen LogP contribution < -0.4 is 4.90 Å². The van der Waals surface area contributed by atoms with E-state index >= 15 is 0 Å². The predicted molar refractivity (Wildman–Crippen MR) is 74.5 cm³/mol. The van der Waals surface area contributed by atoms with Crippen molar-refractivity contribution < 1.29 is 14.3 Å². The number of likely N-dealkylation sites (N-methyl/N-ethyl adjacent to an activating group) is 1. The van der Waals surface area contributed by atoms with Gasteiger partial charge in [-0.05, 0) is 26.0 Å². The van der Waals surface area contributed by atoms with Crippen LogP contribution in [0, 0.1) is 12.8 Å². The second-order valence-corrected chi connectivity index (χ2v) is 5.29. The zero-order valence-corrected chi connectivity index (χ0v) is 11.7. The Labute approximate surface area is 118 Å². The standard InChI is InChI=1S/C15H18N2O3/c1-3-16-13-9-20-8-12(13)14(18)17(15(16)19)11-6-4-10(2)5-7-11/h4-7,12-13H,3,8-9H2,1-2H3. The SMILES string of the molecule is CCN1C(=O)N(c2ccc(C)cc2)C(=O)C2COCC21. The second kappa shape index (κ2) is 4.90. The molecule has 106 valence electrons. The van der Waals surface area contributed by atoms with Crippen molar-refractivity contribution >= 4 is 17.6 Å². The van der Waals surface area contributed by atoms with Gasteiger partial charge in [0, 0.05) is 6.54 Å². The Kier molecular flexibility index (Phi) is 3.22. The molecule has 3 amide bonds. The van der Waals surface area contributed by atoms with Gasteiger partial charge in [-0.15, -0.1) is 0 Å². The maximum Gasteiger partial charge on any atom is 0.331 e. The maximum atomic E-state index is 12.6. The monoisotopic (exact) mass is 274 g/mol. The Morgan fingerprint density at radius 3 is 2.55 bits per heavy atom. The molecule has 2 saturated heterocycles. The van der Waals surface area contributed by atoms with E-state index in [0.29, 0.717) is 25.4 Å². The molecule has 5 heteroatoms. The van der Waals surface area contributed by atoms with Crippen LogP contribution in [0.1, 0.15) is 12.5 Å². The zero-order chi connectivity index (χ0) is 14.3. The van der Waals surface area contributed by atoms with Crippen LogP contribution >= 0.6 is 0 Å². The highest BCUT2D eigenvalue weighted by Gasteiger charge is 2.49. The van der Waals surface area contributed by atoms with E-state index in [2.05, 4.69) is 0 Å². The topological polar surface area (TPSA) is 49.9 Å². The highest BCUT2D eigenvalue weighted by molar-refractivity contribution is 6.17. The number of carbonyl (C=O) groups excluding carboxylic acids is 2. The fourth-order valence-corrected chi connectivity index (χ4v) is 2.92. The third-order valence-electron chi connectivity index (χ3n) is 4.06. The van der Waals surface area contributed by atoms with E-state index in [1.807, 2.05) is 38.1 Å².